The Morgan fingerprint density at radius 3 is 1.40 bits per heavy atom. The van der Waals surface area contributed by atoms with Crippen molar-refractivity contribution in [2.24, 2.45) is 0 Å². The van der Waals surface area contributed by atoms with Gasteiger partial charge in [0.25, 0.3) is 0 Å². The van der Waals surface area contributed by atoms with Crippen molar-refractivity contribution in [3.05, 3.63) is 221 Å². The summed E-state index contributed by atoms with van der Waals surface area (Å²) in [7, 11) is -2.97. The van der Waals surface area contributed by atoms with Crippen LogP contribution in [0.1, 0.15) is 74.9 Å². The third-order valence-electron chi connectivity index (χ3n) is 15.2. The van der Waals surface area contributed by atoms with E-state index in [2.05, 4.69) is 234 Å². The number of hydrogen-bond acceptors (Lipinski definition) is 1. The summed E-state index contributed by atoms with van der Waals surface area (Å²) in [5, 5.41) is 8.79. The molecule has 0 unspecified atom stereocenters. The van der Waals surface area contributed by atoms with Crippen molar-refractivity contribution < 1.29 is 0 Å². The molecule has 2 heteroatoms. The number of anilines is 3. The summed E-state index contributed by atoms with van der Waals surface area (Å²) >= 11 is 0. The summed E-state index contributed by atoms with van der Waals surface area (Å²) in [6, 6.07) is 73.2. The number of benzene rings is 9. The summed E-state index contributed by atoms with van der Waals surface area (Å²) in [6.45, 7) is 14.2. The normalized spacial score (nSPS) is 15.4. The maximum Gasteiger partial charge on any atom is 0.182 e. The minimum atomic E-state index is -2.97. The summed E-state index contributed by atoms with van der Waals surface area (Å²) in [6.07, 6.45) is 0. The predicted molar refractivity (Wildman–Crippen MR) is 268 cm³/mol. The number of fused-ring (bicyclic) bond motifs is 21. The molecule has 9 aromatic rings. The number of rotatable bonds is 1. The van der Waals surface area contributed by atoms with Gasteiger partial charge in [0.05, 0.1) is 16.8 Å². The van der Waals surface area contributed by atoms with Crippen LogP contribution < -0.4 is 25.6 Å². The average Bonchev–Trinajstić information content (AvgIpc) is 3.88. The van der Waals surface area contributed by atoms with Crippen LogP contribution in [0.5, 0.6) is 0 Å². The number of para-hydroxylation sites is 2. The lowest BCUT2D eigenvalue weighted by molar-refractivity contribution is 0.590. The molecule has 63 heavy (non-hydrogen) atoms. The largest absolute Gasteiger partial charge is 0.310 e. The van der Waals surface area contributed by atoms with E-state index in [4.69, 9.17) is 0 Å². The Morgan fingerprint density at radius 1 is 0.381 bits per heavy atom. The Morgan fingerprint density at radius 2 is 0.825 bits per heavy atom. The molecule has 0 saturated carbocycles. The van der Waals surface area contributed by atoms with Gasteiger partial charge in [-0.05, 0) is 133 Å². The maximum absolute atomic E-state index is 2.97. The summed E-state index contributed by atoms with van der Waals surface area (Å²) in [5.41, 5.74) is 19.6. The molecule has 0 fully saturated rings. The molecule has 0 atom stereocenters. The van der Waals surface area contributed by atoms with E-state index in [1.54, 1.807) is 5.19 Å². The van der Waals surface area contributed by atoms with E-state index in [9.17, 15) is 0 Å². The van der Waals surface area contributed by atoms with Crippen LogP contribution in [0.15, 0.2) is 188 Å². The first-order chi connectivity index (χ1) is 30.5. The Balaban J connectivity index is 1.14. The van der Waals surface area contributed by atoms with Crippen LogP contribution in [-0.4, -0.2) is 8.07 Å². The number of nitrogens with zero attached hydrogens (tertiary/aromatic N) is 1. The van der Waals surface area contributed by atoms with Gasteiger partial charge < -0.3 is 4.90 Å². The van der Waals surface area contributed by atoms with Crippen molar-refractivity contribution in [2.75, 3.05) is 4.90 Å². The van der Waals surface area contributed by atoms with Gasteiger partial charge >= 0.3 is 0 Å². The average molecular weight is 824 g/mol. The standard InChI is InChI=1S/C61H49NSi/c1-59(2,3)39-28-32-45-46-33-29-40(60(4,5)6)36-56(46)63(55(45)35-39)57-37-41(30-34-47(57)48-31-27-38-17-7-8-18-42(38)58(48)63)62-53-25-15-13-23-51(53)61(52-24-14-16-26-54(52)62)49-21-11-9-19-43(49)44-20-10-12-22-50(44)61/h7-37H,1-6H3. The third-order valence-corrected chi connectivity index (χ3v) is 20.1. The highest BCUT2D eigenvalue weighted by atomic mass is 28.3. The lowest BCUT2D eigenvalue weighted by Crippen LogP contribution is -2.71. The molecular weight excluding hydrogens is 775 g/mol. The van der Waals surface area contributed by atoms with Gasteiger partial charge in [-0.3, -0.25) is 0 Å². The molecule has 0 amide bonds. The molecule has 0 N–H and O–H groups in total. The highest BCUT2D eigenvalue weighted by Gasteiger charge is 2.56. The van der Waals surface area contributed by atoms with Gasteiger partial charge in [0.1, 0.15) is 0 Å². The van der Waals surface area contributed by atoms with Crippen LogP contribution in [-0.2, 0) is 16.2 Å². The minimum Gasteiger partial charge on any atom is -0.310 e. The molecule has 0 bridgehead atoms. The fourth-order valence-electron chi connectivity index (χ4n) is 12.4. The Bertz CT molecular complexity index is 3290. The van der Waals surface area contributed by atoms with Gasteiger partial charge in [0.2, 0.25) is 0 Å². The SMILES string of the molecule is CC(C)(C)c1ccc2c(c1)[Si]1(c3cc(C(C)(C)C)ccc3-2)c2cc(N3c4ccccc4C4(c5ccccc5-c5ccccc54)c4ccccc43)ccc2-c2ccc3ccccc3c21. The zero-order chi connectivity index (χ0) is 42.6. The molecular formula is C61H49NSi. The first-order valence-electron chi connectivity index (χ1n) is 22.7. The Kier molecular flexibility index (Phi) is 7.29. The van der Waals surface area contributed by atoms with Gasteiger partial charge in [-0.15, -0.1) is 0 Å². The molecule has 1 nitrogen and oxygen atoms in total. The van der Waals surface area contributed by atoms with Crippen molar-refractivity contribution >= 4 is 56.7 Å². The molecule has 13 rings (SSSR count). The molecule has 9 aromatic carbocycles. The second-order valence-electron chi connectivity index (χ2n) is 20.4. The van der Waals surface area contributed by atoms with Crippen LogP contribution in [0.3, 0.4) is 0 Å². The van der Waals surface area contributed by atoms with Crippen LogP contribution >= 0.6 is 0 Å². The third kappa shape index (κ3) is 4.62. The van der Waals surface area contributed by atoms with E-state index in [0.29, 0.717) is 0 Å². The molecule has 3 aliphatic heterocycles. The van der Waals surface area contributed by atoms with Crippen molar-refractivity contribution in [3.8, 4) is 33.4 Å². The number of hydrogen-bond donors (Lipinski definition) is 0. The smallest absolute Gasteiger partial charge is 0.182 e. The van der Waals surface area contributed by atoms with Crippen molar-refractivity contribution in [1.82, 2.24) is 0 Å². The van der Waals surface area contributed by atoms with Crippen LogP contribution in [0, 0.1) is 0 Å². The van der Waals surface area contributed by atoms with Gasteiger partial charge in [0.15, 0.2) is 8.07 Å². The van der Waals surface area contributed by atoms with E-state index in [-0.39, 0.29) is 10.8 Å². The van der Waals surface area contributed by atoms with Gasteiger partial charge in [-0.2, -0.15) is 0 Å². The van der Waals surface area contributed by atoms with Crippen LogP contribution in [0.25, 0.3) is 44.2 Å². The van der Waals surface area contributed by atoms with E-state index >= 15 is 0 Å². The van der Waals surface area contributed by atoms with Gasteiger partial charge in [0, 0.05) is 5.69 Å². The molecule has 302 valence electrons. The van der Waals surface area contributed by atoms with E-state index < -0.39 is 13.5 Å². The monoisotopic (exact) mass is 823 g/mol. The van der Waals surface area contributed by atoms with E-state index in [1.165, 1.54) is 110 Å². The lowest BCUT2D eigenvalue weighted by atomic mass is 9.64. The summed E-state index contributed by atoms with van der Waals surface area (Å²) in [5.74, 6) is 0. The summed E-state index contributed by atoms with van der Waals surface area (Å²) < 4.78 is 0. The molecule has 3 heterocycles. The molecule has 0 saturated heterocycles. The quantitative estimate of drug-likeness (QED) is 0.149. The maximum atomic E-state index is 2.64. The molecule has 0 radical (unpaired) electrons. The fourth-order valence-corrected chi connectivity index (χ4v) is 18.3. The molecule has 4 aliphatic rings. The first-order valence-corrected chi connectivity index (χ1v) is 24.7. The summed E-state index contributed by atoms with van der Waals surface area (Å²) in [4.78, 5) is 2.59. The molecule has 2 spiro atoms. The van der Waals surface area contributed by atoms with Gasteiger partial charge in [-0.1, -0.05) is 205 Å². The van der Waals surface area contributed by atoms with Crippen molar-refractivity contribution in [3.63, 3.8) is 0 Å². The fraction of sp³-hybridized carbons (Fsp3) is 0.148. The lowest BCUT2D eigenvalue weighted by Gasteiger charge is -2.45. The van der Waals surface area contributed by atoms with Crippen LogP contribution in [0.2, 0.25) is 0 Å². The van der Waals surface area contributed by atoms with Crippen molar-refractivity contribution in [2.45, 2.75) is 57.8 Å². The minimum absolute atomic E-state index is 0.00448. The second-order valence-corrected chi connectivity index (χ2v) is 24.0. The molecule has 1 aliphatic carbocycles. The highest BCUT2D eigenvalue weighted by molar-refractivity contribution is 7.25. The Labute approximate surface area is 372 Å². The zero-order valence-corrected chi connectivity index (χ0v) is 37.8. The van der Waals surface area contributed by atoms with Gasteiger partial charge in [-0.25, -0.2) is 0 Å². The van der Waals surface area contributed by atoms with Crippen molar-refractivity contribution in [1.29, 1.82) is 0 Å². The highest BCUT2D eigenvalue weighted by Crippen LogP contribution is 2.63. The first kappa shape index (κ1) is 36.9. The predicted octanol–water partition coefficient (Wildman–Crippen LogP) is 12.9. The molecule has 0 aromatic heterocycles. The Hall–Kier alpha value is -6.74. The van der Waals surface area contributed by atoms with E-state index in [0.717, 1.165) is 0 Å². The zero-order valence-electron chi connectivity index (χ0n) is 36.8. The van der Waals surface area contributed by atoms with Crippen LogP contribution in [0.4, 0.5) is 17.1 Å². The second kappa shape index (κ2) is 12.5. The van der Waals surface area contributed by atoms with E-state index in [1.807, 2.05) is 0 Å². The topological polar surface area (TPSA) is 3.24 Å².